The van der Waals surface area contributed by atoms with Gasteiger partial charge in [0.25, 0.3) is 11.8 Å². The second-order valence-electron chi connectivity index (χ2n) is 10.1. The van der Waals surface area contributed by atoms with Crippen LogP contribution in [0.15, 0.2) is 72.8 Å². The number of hydrogen-bond acceptors (Lipinski definition) is 6. The van der Waals surface area contributed by atoms with Gasteiger partial charge in [-0.15, -0.1) is 12.4 Å². The van der Waals surface area contributed by atoms with Crippen LogP contribution < -0.4 is 9.47 Å². The molecular formula is C32H31ClN2O5. The van der Waals surface area contributed by atoms with Crippen molar-refractivity contribution in [1.29, 1.82) is 0 Å². The van der Waals surface area contributed by atoms with Gasteiger partial charge in [-0.05, 0) is 97.5 Å². The number of phenols is 1. The number of ether oxygens (including phenoxy) is 2. The van der Waals surface area contributed by atoms with Crippen molar-refractivity contribution >= 4 is 35.0 Å². The van der Waals surface area contributed by atoms with Crippen LogP contribution in [0.25, 0.3) is 21.9 Å². The second-order valence-corrected chi connectivity index (χ2v) is 10.1. The minimum atomic E-state index is -0.319. The highest BCUT2D eigenvalue weighted by Gasteiger charge is 2.33. The number of rotatable bonds is 7. The van der Waals surface area contributed by atoms with Crippen LogP contribution in [0.1, 0.15) is 40.0 Å². The van der Waals surface area contributed by atoms with Crippen molar-refractivity contribution in [2.75, 3.05) is 33.3 Å². The van der Waals surface area contributed by atoms with Crippen molar-refractivity contribution in [2.45, 2.75) is 19.3 Å². The predicted molar refractivity (Wildman–Crippen MR) is 157 cm³/mol. The first kappa shape index (κ1) is 27.5. The zero-order valence-corrected chi connectivity index (χ0v) is 23.1. The average molecular weight is 559 g/mol. The largest absolute Gasteiger partial charge is 0.508 e. The highest BCUT2D eigenvalue weighted by atomic mass is 35.5. The van der Waals surface area contributed by atoms with Gasteiger partial charge in [0, 0.05) is 24.5 Å². The summed E-state index contributed by atoms with van der Waals surface area (Å²) in [6, 6.07) is 21.7. The maximum atomic E-state index is 12.6. The molecule has 0 bridgehead atoms. The van der Waals surface area contributed by atoms with Crippen LogP contribution in [-0.4, -0.2) is 60.0 Å². The van der Waals surface area contributed by atoms with E-state index in [1.807, 2.05) is 48.5 Å². The van der Waals surface area contributed by atoms with Crippen molar-refractivity contribution in [1.82, 2.24) is 9.80 Å². The lowest BCUT2D eigenvalue weighted by molar-refractivity contribution is 0.0693. The van der Waals surface area contributed by atoms with Gasteiger partial charge in [-0.2, -0.15) is 0 Å². The Bertz CT molecular complexity index is 1560. The molecule has 1 saturated heterocycles. The van der Waals surface area contributed by atoms with E-state index in [9.17, 15) is 14.7 Å². The third kappa shape index (κ3) is 5.35. The lowest BCUT2D eigenvalue weighted by atomic mass is 9.96. The Labute approximate surface area is 239 Å². The third-order valence-electron chi connectivity index (χ3n) is 7.52. The van der Waals surface area contributed by atoms with Crippen molar-refractivity contribution in [3.63, 3.8) is 0 Å². The topological polar surface area (TPSA) is 79.3 Å². The Kier molecular flexibility index (Phi) is 7.96. The van der Waals surface area contributed by atoms with Crippen molar-refractivity contribution < 1.29 is 24.2 Å². The summed E-state index contributed by atoms with van der Waals surface area (Å²) in [4.78, 5) is 28.6. The smallest absolute Gasteiger partial charge is 0.261 e. The standard InChI is InChI=1S/C32H30N2O5.ClH/c1-33-31(36)28-13-6-22(20-29(28)32(33)37)26-12-5-21-19-23(35)7-14-27(21)30(26)39-25-10-8-24(9-11-25)38-18-17-34-15-3-2-4-16-34;/h5-14,19-20,35H,2-4,15-18H2,1H3;1H. The molecule has 0 spiro atoms. The van der Waals surface area contributed by atoms with Crippen LogP contribution in [0.4, 0.5) is 0 Å². The molecule has 0 saturated carbocycles. The number of carbonyl (C=O) groups excluding carboxylic acids is 2. The van der Waals surface area contributed by atoms with Gasteiger partial charge in [-0.25, -0.2) is 0 Å². The number of imide groups is 1. The van der Waals surface area contributed by atoms with E-state index in [-0.39, 0.29) is 30.0 Å². The lowest BCUT2D eigenvalue weighted by Crippen LogP contribution is -2.33. The van der Waals surface area contributed by atoms with Crippen LogP contribution in [-0.2, 0) is 0 Å². The molecule has 0 unspecified atom stereocenters. The number of carbonyl (C=O) groups is 2. The van der Waals surface area contributed by atoms with Gasteiger partial charge >= 0.3 is 0 Å². The Morgan fingerprint density at radius 2 is 1.48 bits per heavy atom. The average Bonchev–Trinajstić information content (AvgIpc) is 3.17. The molecule has 0 atom stereocenters. The molecule has 7 nitrogen and oxygen atoms in total. The molecule has 2 amide bonds. The molecule has 2 aliphatic rings. The van der Waals surface area contributed by atoms with Gasteiger partial charge in [-0.1, -0.05) is 18.6 Å². The number of fused-ring (bicyclic) bond motifs is 2. The fourth-order valence-electron chi connectivity index (χ4n) is 5.35. The van der Waals surface area contributed by atoms with E-state index in [4.69, 9.17) is 9.47 Å². The molecule has 0 aromatic heterocycles. The molecule has 1 fully saturated rings. The molecule has 4 aromatic rings. The summed E-state index contributed by atoms with van der Waals surface area (Å²) in [5, 5.41) is 11.7. The van der Waals surface area contributed by atoms with E-state index in [2.05, 4.69) is 4.90 Å². The van der Waals surface area contributed by atoms with Gasteiger partial charge in [0.15, 0.2) is 0 Å². The molecule has 0 aliphatic carbocycles. The molecule has 8 heteroatoms. The Morgan fingerprint density at radius 1 is 0.775 bits per heavy atom. The van der Waals surface area contributed by atoms with Crippen LogP contribution >= 0.6 is 12.4 Å². The van der Waals surface area contributed by atoms with Crippen LogP contribution in [0.5, 0.6) is 23.0 Å². The molecule has 1 N–H and O–H groups in total. The number of phenolic OH excluding ortho intramolecular Hbond substituents is 1. The number of amides is 2. The van der Waals surface area contributed by atoms with Gasteiger partial charge in [-0.3, -0.25) is 19.4 Å². The molecule has 2 heterocycles. The number of hydrogen-bond donors (Lipinski definition) is 1. The number of halogens is 1. The Balaban J connectivity index is 0.00000323. The first-order chi connectivity index (χ1) is 19.0. The number of nitrogens with zero attached hydrogens (tertiary/aromatic N) is 2. The number of aromatic hydroxyl groups is 1. The summed E-state index contributed by atoms with van der Waals surface area (Å²) in [5.74, 6) is 1.56. The molecule has 206 valence electrons. The zero-order valence-electron chi connectivity index (χ0n) is 22.3. The normalized spacial score (nSPS) is 15.2. The van der Waals surface area contributed by atoms with E-state index >= 15 is 0 Å². The molecular weight excluding hydrogens is 528 g/mol. The fraction of sp³-hybridized carbons (Fsp3) is 0.250. The van der Waals surface area contributed by atoms with Crippen molar-refractivity contribution in [2.24, 2.45) is 0 Å². The first-order valence-electron chi connectivity index (χ1n) is 13.3. The summed E-state index contributed by atoms with van der Waals surface area (Å²) in [7, 11) is 1.49. The van der Waals surface area contributed by atoms with E-state index < -0.39 is 0 Å². The van der Waals surface area contributed by atoms with Gasteiger partial charge in [0.1, 0.15) is 29.6 Å². The number of piperidine rings is 1. The SMILES string of the molecule is CN1C(=O)c2ccc(-c3ccc4cc(O)ccc4c3Oc3ccc(OCCN4CCCCC4)cc3)cc2C1=O.Cl. The van der Waals surface area contributed by atoms with Gasteiger partial charge in [0.2, 0.25) is 0 Å². The first-order valence-corrected chi connectivity index (χ1v) is 13.3. The maximum Gasteiger partial charge on any atom is 0.261 e. The lowest BCUT2D eigenvalue weighted by Gasteiger charge is -2.26. The second kappa shape index (κ2) is 11.6. The van der Waals surface area contributed by atoms with Crippen LogP contribution in [0.3, 0.4) is 0 Å². The monoisotopic (exact) mass is 558 g/mol. The summed E-state index contributed by atoms with van der Waals surface area (Å²) >= 11 is 0. The highest BCUT2D eigenvalue weighted by molar-refractivity contribution is 6.21. The van der Waals surface area contributed by atoms with E-state index in [1.54, 1.807) is 24.3 Å². The summed E-state index contributed by atoms with van der Waals surface area (Å²) < 4.78 is 12.4. The maximum absolute atomic E-state index is 12.6. The van der Waals surface area contributed by atoms with E-state index in [0.29, 0.717) is 29.2 Å². The van der Waals surface area contributed by atoms with E-state index in [1.165, 1.54) is 26.3 Å². The summed E-state index contributed by atoms with van der Waals surface area (Å²) in [5.41, 5.74) is 2.30. The minimum absolute atomic E-state index is 0. The molecule has 2 aliphatic heterocycles. The van der Waals surface area contributed by atoms with Crippen molar-refractivity contribution in [3.05, 3.63) is 83.9 Å². The fourth-order valence-corrected chi connectivity index (χ4v) is 5.35. The minimum Gasteiger partial charge on any atom is -0.508 e. The Hall–Kier alpha value is -4.07. The highest BCUT2D eigenvalue weighted by Crippen LogP contribution is 2.41. The van der Waals surface area contributed by atoms with Crippen LogP contribution in [0, 0.1) is 0 Å². The van der Waals surface area contributed by atoms with E-state index in [0.717, 1.165) is 52.2 Å². The van der Waals surface area contributed by atoms with Crippen LogP contribution in [0.2, 0.25) is 0 Å². The molecule has 4 aromatic carbocycles. The predicted octanol–water partition coefficient (Wildman–Crippen LogP) is 6.52. The van der Waals surface area contributed by atoms with Gasteiger partial charge < -0.3 is 14.6 Å². The Morgan fingerprint density at radius 3 is 2.25 bits per heavy atom. The zero-order chi connectivity index (χ0) is 26.9. The summed E-state index contributed by atoms with van der Waals surface area (Å²) in [6.45, 7) is 3.86. The molecule has 40 heavy (non-hydrogen) atoms. The molecule has 6 rings (SSSR count). The van der Waals surface area contributed by atoms with Gasteiger partial charge in [0.05, 0.1) is 11.1 Å². The third-order valence-corrected chi connectivity index (χ3v) is 7.52. The number of benzene rings is 4. The van der Waals surface area contributed by atoms with Crippen molar-refractivity contribution in [3.8, 4) is 34.1 Å². The quantitative estimate of drug-likeness (QED) is 0.260. The number of likely N-dealkylation sites (tertiary alicyclic amines) is 1. The summed E-state index contributed by atoms with van der Waals surface area (Å²) in [6.07, 6.45) is 3.84. The molecule has 0 radical (unpaired) electrons.